The highest BCUT2D eigenvalue weighted by Crippen LogP contribution is 2.17. The van der Waals surface area contributed by atoms with Crippen molar-refractivity contribution in [3.63, 3.8) is 0 Å². The molecular formula is C9H8N4O. The zero-order valence-electron chi connectivity index (χ0n) is 7.55. The summed E-state index contributed by atoms with van der Waals surface area (Å²) < 4.78 is 1.59. The standard InChI is InChI=1S/C9H8N4O/c1-9(14,6-10)8-12-11-7-4-2-3-5-13(7)8/h2-5,14H,1H3. The first-order chi connectivity index (χ1) is 6.65. The van der Waals surface area contributed by atoms with E-state index < -0.39 is 5.60 Å². The highest BCUT2D eigenvalue weighted by atomic mass is 16.3. The molecule has 0 saturated heterocycles. The van der Waals surface area contributed by atoms with Crippen molar-refractivity contribution in [2.75, 3.05) is 0 Å². The summed E-state index contributed by atoms with van der Waals surface area (Å²) in [5.41, 5.74) is -1.00. The molecule has 0 fully saturated rings. The molecule has 14 heavy (non-hydrogen) atoms. The van der Waals surface area contributed by atoms with Crippen LogP contribution in [0, 0.1) is 11.3 Å². The molecule has 1 unspecified atom stereocenters. The Morgan fingerprint density at radius 1 is 1.50 bits per heavy atom. The first-order valence-electron chi connectivity index (χ1n) is 4.09. The van der Waals surface area contributed by atoms with Crippen LogP contribution in [0.15, 0.2) is 24.4 Å². The van der Waals surface area contributed by atoms with Crippen LogP contribution in [0.4, 0.5) is 0 Å². The van der Waals surface area contributed by atoms with Crippen LogP contribution >= 0.6 is 0 Å². The van der Waals surface area contributed by atoms with Gasteiger partial charge in [-0.1, -0.05) is 6.07 Å². The van der Waals surface area contributed by atoms with Gasteiger partial charge >= 0.3 is 0 Å². The Hall–Kier alpha value is -1.93. The molecule has 1 atom stereocenters. The third kappa shape index (κ3) is 1.13. The largest absolute Gasteiger partial charge is 0.369 e. The second-order valence-corrected chi connectivity index (χ2v) is 3.14. The minimum Gasteiger partial charge on any atom is -0.369 e. The zero-order chi connectivity index (χ0) is 10.2. The molecule has 0 radical (unpaired) electrons. The van der Waals surface area contributed by atoms with Crippen LogP contribution in [0.1, 0.15) is 12.7 Å². The maximum Gasteiger partial charge on any atom is 0.209 e. The minimum absolute atomic E-state index is 0.232. The Morgan fingerprint density at radius 2 is 2.29 bits per heavy atom. The minimum atomic E-state index is -1.61. The molecule has 0 aromatic carbocycles. The summed E-state index contributed by atoms with van der Waals surface area (Å²) >= 11 is 0. The number of hydrogen-bond donors (Lipinski definition) is 1. The number of fused-ring (bicyclic) bond motifs is 1. The lowest BCUT2D eigenvalue weighted by Crippen LogP contribution is -2.21. The Morgan fingerprint density at radius 3 is 3.00 bits per heavy atom. The molecule has 70 valence electrons. The number of pyridine rings is 1. The molecule has 0 bridgehead atoms. The molecule has 5 heteroatoms. The Kier molecular flexibility index (Phi) is 1.72. The molecule has 2 aromatic rings. The van der Waals surface area contributed by atoms with Gasteiger partial charge in [0.1, 0.15) is 6.07 Å². The average Bonchev–Trinajstić information content (AvgIpc) is 2.61. The summed E-state index contributed by atoms with van der Waals surface area (Å²) in [6, 6.07) is 7.12. The Labute approximate surface area is 80.2 Å². The SMILES string of the molecule is CC(O)(C#N)c1nnc2ccccn12. The van der Waals surface area contributed by atoms with E-state index in [0.717, 1.165) is 0 Å². The zero-order valence-corrected chi connectivity index (χ0v) is 7.55. The van der Waals surface area contributed by atoms with Crippen molar-refractivity contribution in [3.05, 3.63) is 30.2 Å². The van der Waals surface area contributed by atoms with Crippen molar-refractivity contribution in [2.45, 2.75) is 12.5 Å². The lowest BCUT2D eigenvalue weighted by Gasteiger charge is -2.10. The molecule has 1 N–H and O–H groups in total. The predicted molar refractivity (Wildman–Crippen MR) is 48.2 cm³/mol. The maximum atomic E-state index is 9.70. The van der Waals surface area contributed by atoms with E-state index >= 15 is 0 Å². The van der Waals surface area contributed by atoms with Crippen LogP contribution in [0.25, 0.3) is 5.65 Å². The van der Waals surface area contributed by atoms with Gasteiger partial charge in [-0.2, -0.15) is 5.26 Å². The summed E-state index contributed by atoms with van der Waals surface area (Å²) in [6.45, 7) is 1.39. The van der Waals surface area contributed by atoms with E-state index in [1.807, 2.05) is 6.07 Å². The lowest BCUT2D eigenvalue weighted by atomic mass is 10.1. The molecule has 5 nitrogen and oxygen atoms in total. The van der Waals surface area contributed by atoms with Crippen molar-refractivity contribution in [1.29, 1.82) is 5.26 Å². The summed E-state index contributed by atoms with van der Waals surface area (Å²) in [7, 11) is 0. The van der Waals surface area contributed by atoms with Crippen LogP contribution in [-0.2, 0) is 5.60 Å². The van der Waals surface area contributed by atoms with E-state index in [1.165, 1.54) is 6.92 Å². The van der Waals surface area contributed by atoms with E-state index in [2.05, 4.69) is 10.2 Å². The van der Waals surface area contributed by atoms with Gasteiger partial charge in [0.05, 0.1) is 0 Å². The smallest absolute Gasteiger partial charge is 0.209 e. The molecule has 2 aromatic heterocycles. The van der Waals surface area contributed by atoms with E-state index in [0.29, 0.717) is 5.65 Å². The monoisotopic (exact) mass is 188 g/mol. The van der Waals surface area contributed by atoms with Crippen molar-refractivity contribution in [1.82, 2.24) is 14.6 Å². The van der Waals surface area contributed by atoms with Crippen molar-refractivity contribution in [3.8, 4) is 6.07 Å². The predicted octanol–water partition coefficient (Wildman–Crippen LogP) is 0.460. The van der Waals surface area contributed by atoms with Gasteiger partial charge in [-0.3, -0.25) is 4.40 Å². The summed E-state index contributed by atoms with van der Waals surface area (Å²) in [4.78, 5) is 0. The molecule has 0 saturated carbocycles. The van der Waals surface area contributed by atoms with E-state index in [-0.39, 0.29) is 5.82 Å². The van der Waals surface area contributed by atoms with Gasteiger partial charge < -0.3 is 5.11 Å². The van der Waals surface area contributed by atoms with Crippen molar-refractivity contribution >= 4 is 5.65 Å². The lowest BCUT2D eigenvalue weighted by molar-refractivity contribution is 0.108. The second kappa shape index (κ2) is 2.79. The number of aromatic nitrogens is 3. The number of hydrogen-bond acceptors (Lipinski definition) is 4. The van der Waals surface area contributed by atoms with Crippen molar-refractivity contribution in [2.24, 2.45) is 0 Å². The fraction of sp³-hybridized carbons (Fsp3) is 0.222. The number of aliphatic hydroxyl groups is 1. The second-order valence-electron chi connectivity index (χ2n) is 3.14. The number of nitrogens with zero attached hydrogens (tertiary/aromatic N) is 4. The first-order valence-corrected chi connectivity index (χ1v) is 4.09. The molecule has 0 aliphatic carbocycles. The van der Waals surface area contributed by atoms with Gasteiger partial charge in [-0.25, -0.2) is 0 Å². The van der Waals surface area contributed by atoms with Crippen LogP contribution in [0.2, 0.25) is 0 Å². The van der Waals surface area contributed by atoms with Gasteiger partial charge in [0.2, 0.25) is 5.60 Å². The topological polar surface area (TPSA) is 74.2 Å². The molecular weight excluding hydrogens is 180 g/mol. The molecule has 0 amide bonds. The van der Waals surface area contributed by atoms with Gasteiger partial charge in [-0.15, -0.1) is 10.2 Å². The first kappa shape index (κ1) is 8.66. The Balaban J connectivity index is 2.72. The summed E-state index contributed by atoms with van der Waals surface area (Å²) in [5.74, 6) is 0.232. The highest BCUT2D eigenvalue weighted by molar-refractivity contribution is 5.38. The van der Waals surface area contributed by atoms with Crippen LogP contribution in [-0.4, -0.2) is 19.7 Å². The average molecular weight is 188 g/mol. The van der Waals surface area contributed by atoms with Crippen LogP contribution in [0.3, 0.4) is 0 Å². The number of rotatable bonds is 1. The molecule has 0 aliphatic rings. The van der Waals surface area contributed by atoms with Gasteiger partial charge in [0.15, 0.2) is 11.5 Å². The third-order valence-electron chi connectivity index (χ3n) is 1.97. The fourth-order valence-electron chi connectivity index (χ4n) is 1.22. The van der Waals surface area contributed by atoms with Crippen molar-refractivity contribution < 1.29 is 5.11 Å². The van der Waals surface area contributed by atoms with Crippen LogP contribution in [0.5, 0.6) is 0 Å². The molecule has 2 rings (SSSR count). The molecule has 0 aliphatic heterocycles. The molecule has 0 spiro atoms. The summed E-state index contributed by atoms with van der Waals surface area (Å²) in [6.07, 6.45) is 1.70. The Bertz CT molecular complexity index is 509. The third-order valence-corrected chi connectivity index (χ3v) is 1.97. The van der Waals surface area contributed by atoms with Gasteiger partial charge in [0.25, 0.3) is 0 Å². The quantitative estimate of drug-likeness (QED) is 0.660. The maximum absolute atomic E-state index is 9.70. The van der Waals surface area contributed by atoms with E-state index in [9.17, 15) is 5.11 Å². The number of nitriles is 1. The van der Waals surface area contributed by atoms with Crippen LogP contribution < -0.4 is 0 Å². The van der Waals surface area contributed by atoms with Gasteiger partial charge in [-0.05, 0) is 19.1 Å². The summed E-state index contributed by atoms with van der Waals surface area (Å²) in [5, 5.41) is 26.1. The van der Waals surface area contributed by atoms with E-state index in [1.54, 1.807) is 28.8 Å². The highest BCUT2D eigenvalue weighted by Gasteiger charge is 2.28. The fourth-order valence-corrected chi connectivity index (χ4v) is 1.22. The molecule has 2 heterocycles. The van der Waals surface area contributed by atoms with E-state index in [4.69, 9.17) is 5.26 Å². The normalized spacial score (nSPS) is 14.9. The van der Waals surface area contributed by atoms with Gasteiger partial charge in [0, 0.05) is 6.20 Å².